The summed E-state index contributed by atoms with van der Waals surface area (Å²) in [6.07, 6.45) is 0.386. The molecule has 1 atom stereocenters. The van der Waals surface area contributed by atoms with Gasteiger partial charge < -0.3 is 10.4 Å². The van der Waals surface area contributed by atoms with E-state index in [0.717, 1.165) is 11.3 Å². The first-order valence-corrected chi connectivity index (χ1v) is 7.94. The molecule has 0 bridgehead atoms. The zero-order valence-electron chi connectivity index (χ0n) is 12.0. The van der Waals surface area contributed by atoms with E-state index in [1.54, 1.807) is 12.1 Å². The van der Waals surface area contributed by atoms with Crippen molar-refractivity contribution in [3.8, 4) is 5.75 Å². The molecule has 2 aromatic rings. The Labute approximate surface area is 129 Å². The lowest BCUT2D eigenvalue weighted by Gasteiger charge is -2.20. The van der Waals surface area contributed by atoms with Crippen LogP contribution in [-0.2, 0) is 4.79 Å². The van der Waals surface area contributed by atoms with E-state index < -0.39 is 0 Å². The number of para-hydroxylation sites is 2. The van der Waals surface area contributed by atoms with Crippen molar-refractivity contribution in [1.82, 2.24) is 0 Å². The Hall–Kier alpha value is -1.94. The number of rotatable bonds is 6. The van der Waals surface area contributed by atoms with Gasteiger partial charge >= 0.3 is 0 Å². The molecular formula is C17H19NO2S. The smallest absolute Gasteiger partial charge is 0.191 e. The molecule has 2 rings (SSSR count). The van der Waals surface area contributed by atoms with Crippen LogP contribution in [0, 0.1) is 0 Å². The average molecular weight is 301 g/mol. The molecule has 0 aliphatic carbocycles. The van der Waals surface area contributed by atoms with Gasteiger partial charge in [-0.1, -0.05) is 61.2 Å². The highest BCUT2D eigenvalue weighted by Gasteiger charge is 2.17. The fourth-order valence-corrected chi connectivity index (χ4v) is 2.71. The van der Waals surface area contributed by atoms with Gasteiger partial charge in [-0.05, 0) is 23.4 Å². The van der Waals surface area contributed by atoms with Gasteiger partial charge in [-0.15, -0.1) is 0 Å². The lowest BCUT2D eigenvalue weighted by Crippen LogP contribution is -2.14. The van der Waals surface area contributed by atoms with Gasteiger partial charge in [0.25, 0.3) is 0 Å². The highest BCUT2D eigenvalue weighted by Crippen LogP contribution is 2.29. The van der Waals surface area contributed by atoms with Crippen molar-refractivity contribution in [2.24, 2.45) is 0 Å². The number of thioether (sulfide) groups is 1. The number of aromatic hydroxyl groups is 1. The van der Waals surface area contributed by atoms with Crippen LogP contribution >= 0.6 is 11.8 Å². The molecule has 3 nitrogen and oxygen atoms in total. The largest absolute Gasteiger partial charge is 0.506 e. The quantitative estimate of drug-likeness (QED) is 0.785. The number of carbonyl (C=O) groups excluding carboxylic acids is 1. The molecule has 110 valence electrons. The number of carbonyl (C=O) groups is 1. The van der Waals surface area contributed by atoms with Gasteiger partial charge in [0.05, 0.1) is 11.7 Å². The van der Waals surface area contributed by atoms with Crippen LogP contribution in [0.5, 0.6) is 5.75 Å². The van der Waals surface area contributed by atoms with Crippen LogP contribution in [0.3, 0.4) is 0 Å². The Bertz CT molecular complexity index is 586. The first-order valence-electron chi connectivity index (χ1n) is 6.95. The molecule has 0 unspecified atom stereocenters. The van der Waals surface area contributed by atoms with Crippen LogP contribution in [0.15, 0.2) is 54.6 Å². The second-order valence-electron chi connectivity index (χ2n) is 4.63. The van der Waals surface area contributed by atoms with Crippen LogP contribution in [0.1, 0.15) is 24.9 Å². The van der Waals surface area contributed by atoms with Gasteiger partial charge in [0, 0.05) is 6.42 Å². The highest BCUT2D eigenvalue weighted by molar-refractivity contribution is 8.13. The molecular weight excluding hydrogens is 282 g/mol. The third kappa shape index (κ3) is 4.53. The second kappa shape index (κ2) is 7.74. The maximum Gasteiger partial charge on any atom is 0.191 e. The van der Waals surface area contributed by atoms with Gasteiger partial charge in [0.2, 0.25) is 0 Å². The Morgan fingerprint density at radius 3 is 2.48 bits per heavy atom. The summed E-state index contributed by atoms with van der Waals surface area (Å²) in [5.74, 6) is 0.964. The summed E-state index contributed by atoms with van der Waals surface area (Å²) in [6.45, 7) is 1.97. The predicted octanol–water partition coefficient (Wildman–Crippen LogP) is 4.22. The summed E-state index contributed by atoms with van der Waals surface area (Å²) < 4.78 is 0. The summed E-state index contributed by atoms with van der Waals surface area (Å²) in [5.41, 5.74) is 1.67. The third-order valence-corrected chi connectivity index (χ3v) is 3.89. The van der Waals surface area contributed by atoms with E-state index in [1.165, 1.54) is 11.8 Å². The summed E-state index contributed by atoms with van der Waals surface area (Å²) in [6, 6.07) is 16.7. The SMILES string of the molecule is CCSC(=O)C[C@H](Nc1ccccc1O)c1ccccc1. The number of anilines is 1. The summed E-state index contributed by atoms with van der Waals surface area (Å²) >= 11 is 1.33. The van der Waals surface area contributed by atoms with Crippen LogP contribution in [0.2, 0.25) is 0 Å². The number of hydrogen-bond donors (Lipinski definition) is 2. The molecule has 0 heterocycles. The summed E-state index contributed by atoms with van der Waals surface area (Å²) in [4.78, 5) is 12.0. The lowest BCUT2D eigenvalue weighted by molar-refractivity contribution is -0.111. The van der Waals surface area contributed by atoms with Crippen LogP contribution in [-0.4, -0.2) is 16.0 Å². The molecule has 4 heteroatoms. The molecule has 0 aliphatic heterocycles. The van der Waals surface area contributed by atoms with Gasteiger partial charge in [-0.2, -0.15) is 0 Å². The predicted molar refractivity (Wildman–Crippen MR) is 88.7 cm³/mol. The average Bonchev–Trinajstić information content (AvgIpc) is 2.50. The molecule has 0 saturated heterocycles. The highest BCUT2D eigenvalue weighted by atomic mass is 32.2. The van der Waals surface area contributed by atoms with E-state index in [4.69, 9.17) is 0 Å². The van der Waals surface area contributed by atoms with Crippen LogP contribution < -0.4 is 5.32 Å². The van der Waals surface area contributed by atoms with Crippen molar-refractivity contribution in [3.63, 3.8) is 0 Å². The van der Waals surface area contributed by atoms with Crippen molar-refractivity contribution in [3.05, 3.63) is 60.2 Å². The zero-order valence-corrected chi connectivity index (χ0v) is 12.8. The van der Waals surface area contributed by atoms with Crippen molar-refractivity contribution in [2.75, 3.05) is 11.1 Å². The third-order valence-electron chi connectivity index (χ3n) is 3.11. The molecule has 2 N–H and O–H groups in total. The zero-order chi connectivity index (χ0) is 15.1. The van der Waals surface area contributed by atoms with Crippen molar-refractivity contribution >= 4 is 22.6 Å². The molecule has 0 aromatic heterocycles. The summed E-state index contributed by atoms with van der Waals surface area (Å²) in [5, 5.41) is 13.3. The van der Waals surface area contributed by atoms with Crippen LogP contribution in [0.4, 0.5) is 5.69 Å². The van der Waals surface area contributed by atoms with Gasteiger partial charge in [-0.3, -0.25) is 4.79 Å². The minimum absolute atomic E-state index is 0.147. The maximum atomic E-state index is 12.0. The van der Waals surface area contributed by atoms with E-state index >= 15 is 0 Å². The van der Waals surface area contributed by atoms with Crippen LogP contribution in [0.25, 0.3) is 0 Å². The second-order valence-corrected chi connectivity index (χ2v) is 5.96. The van der Waals surface area contributed by atoms with Crippen molar-refractivity contribution in [1.29, 1.82) is 0 Å². The molecule has 21 heavy (non-hydrogen) atoms. The van der Waals surface area contributed by atoms with E-state index in [2.05, 4.69) is 5.32 Å². The number of phenols is 1. The van der Waals surface area contributed by atoms with Gasteiger partial charge in [0.1, 0.15) is 5.75 Å². The van der Waals surface area contributed by atoms with E-state index in [0.29, 0.717) is 12.1 Å². The fraction of sp³-hybridized carbons (Fsp3) is 0.235. The standard InChI is InChI=1S/C17H19NO2S/c1-2-21-17(20)12-15(13-8-4-3-5-9-13)18-14-10-6-7-11-16(14)19/h3-11,15,18-19H,2,12H2,1H3/t15-/m0/s1. The maximum absolute atomic E-state index is 12.0. The number of nitrogens with one attached hydrogen (secondary N) is 1. The molecule has 0 radical (unpaired) electrons. The molecule has 0 saturated carbocycles. The molecule has 0 fully saturated rings. The van der Waals surface area contributed by atoms with Gasteiger partial charge in [0.15, 0.2) is 5.12 Å². The first-order chi connectivity index (χ1) is 10.2. The minimum Gasteiger partial charge on any atom is -0.506 e. The van der Waals surface area contributed by atoms with E-state index in [1.807, 2.05) is 49.4 Å². The van der Waals surface area contributed by atoms with E-state index in [9.17, 15) is 9.90 Å². The Balaban J connectivity index is 2.20. The number of phenolic OH excluding ortho intramolecular Hbond substituents is 1. The normalized spacial score (nSPS) is 11.9. The Kier molecular flexibility index (Phi) is 5.69. The van der Waals surface area contributed by atoms with Crippen molar-refractivity contribution in [2.45, 2.75) is 19.4 Å². The monoisotopic (exact) mass is 301 g/mol. The minimum atomic E-state index is -0.147. The fourth-order valence-electron chi connectivity index (χ4n) is 2.11. The Morgan fingerprint density at radius 1 is 1.14 bits per heavy atom. The Morgan fingerprint density at radius 2 is 1.81 bits per heavy atom. The number of benzene rings is 2. The van der Waals surface area contributed by atoms with Crippen molar-refractivity contribution < 1.29 is 9.90 Å². The molecule has 2 aromatic carbocycles. The molecule has 0 spiro atoms. The van der Waals surface area contributed by atoms with E-state index in [-0.39, 0.29) is 16.9 Å². The number of hydrogen-bond acceptors (Lipinski definition) is 4. The molecule has 0 aliphatic rings. The topological polar surface area (TPSA) is 49.3 Å². The van der Waals surface area contributed by atoms with Gasteiger partial charge in [-0.25, -0.2) is 0 Å². The lowest BCUT2D eigenvalue weighted by atomic mass is 10.0. The molecule has 0 amide bonds. The first kappa shape index (κ1) is 15.4. The summed E-state index contributed by atoms with van der Waals surface area (Å²) in [7, 11) is 0.